The summed E-state index contributed by atoms with van der Waals surface area (Å²) in [4.78, 5) is 13.2. The Hall–Kier alpha value is -2.13. The number of rotatable bonds is 8. The van der Waals surface area contributed by atoms with Crippen LogP contribution in [-0.2, 0) is 17.8 Å². The third-order valence-corrected chi connectivity index (χ3v) is 5.13. The Bertz CT molecular complexity index is 782. The van der Waals surface area contributed by atoms with Crippen LogP contribution in [-0.4, -0.2) is 31.6 Å². The average Bonchev–Trinajstić information content (AvgIpc) is 3.28. The van der Waals surface area contributed by atoms with E-state index in [2.05, 4.69) is 38.2 Å². The molecule has 0 aliphatic heterocycles. The van der Waals surface area contributed by atoms with Crippen molar-refractivity contribution in [1.82, 2.24) is 19.9 Å². The lowest BCUT2D eigenvalue weighted by Crippen LogP contribution is -2.12. The molecule has 3 aromatic rings. The van der Waals surface area contributed by atoms with Crippen molar-refractivity contribution in [3.05, 3.63) is 40.5 Å². The molecule has 0 bridgehead atoms. The fourth-order valence-electron chi connectivity index (χ4n) is 2.06. The second kappa shape index (κ2) is 8.11. The molecule has 1 amide bonds. The summed E-state index contributed by atoms with van der Waals surface area (Å²) in [5, 5.41) is 17.4. The van der Waals surface area contributed by atoms with E-state index >= 15 is 0 Å². The van der Waals surface area contributed by atoms with Crippen LogP contribution in [0.3, 0.4) is 0 Å². The van der Waals surface area contributed by atoms with Crippen molar-refractivity contribution in [2.45, 2.75) is 31.5 Å². The van der Waals surface area contributed by atoms with Crippen LogP contribution in [0.15, 0.2) is 39.6 Å². The molecule has 0 saturated heterocycles. The van der Waals surface area contributed by atoms with E-state index in [4.69, 9.17) is 4.52 Å². The Labute approximate surface area is 147 Å². The van der Waals surface area contributed by atoms with Gasteiger partial charge in [0.15, 0.2) is 11.0 Å². The van der Waals surface area contributed by atoms with Crippen molar-refractivity contribution in [1.29, 1.82) is 0 Å². The number of carbonyl (C=O) groups is 1. The molecule has 24 heavy (non-hydrogen) atoms. The van der Waals surface area contributed by atoms with Gasteiger partial charge in [0.2, 0.25) is 5.91 Å². The van der Waals surface area contributed by atoms with Gasteiger partial charge in [0, 0.05) is 29.7 Å². The number of aromatic nitrogens is 4. The summed E-state index contributed by atoms with van der Waals surface area (Å²) in [6, 6.07) is 5.86. The number of nitrogens with zero attached hydrogens (tertiary/aromatic N) is 4. The van der Waals surface area contributed by atoms with E-state index in [1.807, 2.05) is 4.57 Å². The Morgan fingerprint density at radius 1 is 1.50 bits per heavy atom. The van der Waals surface area contributed by atoms with Crippen LogP contribution in [0.4, 0.5) is 5.82 Å². The third-order valence-electron chi connectivity index (χ3n) is 3.21. The monoisotopic (exact) mass is 363 g/mol. The number of hydrogen-bond donors (Lipinski definition) is 1. The van der Waals surface area contributed by atoms with E-state index in [9.17, 15) is 4.79 Å². The average molecular weight is 363 g/mol. The number of amides is 1. The van der Waals surface area contributed by atoms with E-state index in [1.54, 1.807) is 30.7 Å². The lowest BCUT2D eigenvalue weighted by Gasteiger charge is -2.05. The molecule has 126 valence electrons. The normalized spacial score (nSPS) is 10.9. The molecule has 0 atom stereocenters. The van der Waals surface area contributed by atoms with Gasteiger partial charge in [-0.3, -0.25) is 4.79 Å². The van der Waals surface area contributed by atoms with Crippen molar-refractivity contribution >= 4 is 34.8 Å². The molecule has 3 aromatic heterocycles. The summed E-state index contributed by atoms with van der Waals surface area (Å²) in [7, 11) is 0. The lowest BCUT2D eigenvalue weighted by molar-refractivity contribution is -0.115. The molecule has 0 spiro atoms. The van der Waals surface area contributed by atoms with Gasteiger partial charge in [-0.2, -0.15) is 0 Å². The maximum Gasteiger partial charge on any atom is 0.226 e. The molecule has 1 N–H and O–H groups in total. The van der Waals surface area contributed by atoms with Gasteiger partial charge in [-0.25, -0.2) is 0 Å². The zero-order valence-corrected chi connectivity index (χ0v) is 14.8. The standard InChI is InChI=1S/C15H17N5O2S2/c1-11-9-13(19-22-11)17-14(21)5-8-24-15-18-16-10-20(15)6-4-12-3-2-7-23-12/h2-3,7,9-10H,4-6,8H2,1H3,(H,17,19,21). The van der Waals surface area contributed by atoms with Gasteiger partial charge in [0.25, 0.3) is 0 Å². The fourth-order valence-corrected chi connectivity index (χ4v) is 3.64. The predicted octanol–water partition coefficient (Wildman–Crippen LogP) is 3.00. The molecular weight excluding hydrogens is 346 g/mol. The van der Waals surface area contributed by atoms with Crippen LogP contribution < -0.4 is 5.32 Å². The number of thiophene rings is 1. The summed E-state index contributed by atoms with van der Waals surface area (Å²) in [6.07, 6.45) is 3.05. The Morgan fingerprint density at radius 2 is 2.42 bits per heavy atom. The van der Waals surface area contributed by atoms with E-state index in [0.717, 1.165) is 18.1 Å². The molecule has 0 unspecified atom stereocenters. The van der Waals surface area contributed by atoms with Crippen molar-refractivity contribution in [2.24, 2.45) is 0 Å². The lowest BCUT2D eigenvalue weighted by atomic mass is 10.3. The largest absolute Gasteiger partial charge is 0.360 e. The molecule has 0 aliphatic carbocycles. The molecule has 7 nitrogen and oxygen atoms in total. The number of thioether (sulfide) groups is 1. The highest BCUT2D eigenvalue weighted by Crippen LogP contribution is 2.18. The summed E-state index contributed by atoms with van der Waals surface area (Å²) in [5.41, 5.74) is 0. The fraction of sp³-hybridized carbons (Fsp3) is 0.333. The number of aryl methyl sites for hydroxylation is 3. The topological polar surface area (TPSA) is 85.8 Å². The van der Waals surface area contributed by atoms with Crippen LogP contribution in [0.5, 0.6) is 0 Å². The van der Waals surface area contributed by atoms with Gasteiger partial charge >= 0.3 is 0 Å². The van der Waals surface area contributed by atoms with Crippen LogP contribution in [0, 0.1) is 6.92 Å². The molecule has 3 rings (SSSR count). The second-order valence-electron chi connectivity index (χ2n) is 5.11. The van der Waals surface area contributed by atoms with E-state index < -0.39 is 0 Å². The third kappa shape index (κ3) is 4.68. The highest BCUT2D eigenvalue weighted by molar-refractivity contribution is 7.99. The predicted molar refractivity (Wildman–Crippen MR) is 93.3 cm³/mol. The minimum absolute atomic E-state index is 0.0968. The van der Waals surface area contributed by atoms with Crippen LogP contribution >= 0.6 is 23.1 Å². The smallest absolute Gasteiger partial charge is 0.226 e. The van der Waals surface area contributed by atoms with Crippen molar-refractivity contribution in [2.75, 3.05) is 11.1 Å². The molecule has 0 aromatic carbocycles. The minimum atomic E-state index is -0.0968. The van der Waals surface area contributed by atoms with Gasteiger partial charge in [0.1, 0.15) is 12.1 Å². The van der Waals surface area contributed by atoms with E-state index in [-0.39, 0.29) is 5.91 Å². The Morgan fingerprint density at radius 3 is 3.17 bits per heavy atom. The molecule has 0 aliphatic rings. The molecule has 0 saturated carbocycles. The maximum absolute atomic E-state index is 11.9. The van der Waals surface area contributed by atoms with Crippen molar-refractivity contribution in [3.63, 3.8) is 0 Å². The zero-order chi connectivity index (χ0) is 16.8. The first-order valence-electron chi connectivity index (χ1n) is 7.47. The molecule has 0 fully saturated rings. The number of carbonyl (C=O) groups excluding carboxylic acids is 1. The summed E-state index contributed by atoms with van der Waals surface area (Å²) in [6.45, 7) is 2.61. The highest BCUT2D eigenvalue weighted by atomic mass is 32.2. The minimum Gasteiger partial charge on any atom is -0.360 e. The summed E-state index contributed by atoms with van der Waals surface area (Å²) < 4.78 is 6.93. The Kier molecular flexibility index (Phi) is 5.65. The number of nitrogens with one attached hydrogen (secondary N) is 1. The van der Waals surface area contributed by atoms with Gasteiger partial charge in [-0.05, 0) is 24.8 Å². The number of anilines is 1. The summed E-state index contributed by atoms with van der Waals surface area (Å²) in [5.74, 6) is 1.64. The Balaban J connectivity index is 1.43. The molecule has 0 radical (unpaired) electrons. The van der Waals surface area contributed by atoms with Gasteiger partial charge in [-0.1, -0.05) is 23.0 Å². The van der Waals surface area contributed by atoms with Crippen molar-refractivity contribution < 1.29 is 9.32 Å². The molecule has 9 heteroatoms. The van der Waals surface area contributed by atoms with Gasteiger partial charge in [-0.15, -0.1) is 21.5 Å². The first kappa shape index (κ1) is 16.7. The SMILES string of the molecule is Cc1cc(NC(=O)CCSc2nncn2CCc2cccs2)no1. The second-order valence-corrected chi connectivity index (χ2v) is 7.20. The van der Waals surface area contributed by atoms with Gasteiger partial charge in [0.05, 0.1) is 0 Å². The highest BCUT2D eigenvalue weighted by Gasteiger charge is 2.09. The van der Waals surface area contributed by atoms with E-state index in [1.165, 1.54) is 16.6 Å². The van der Waals surface area contributed by atoms with Crippen LogP contribution in [0.25, 0.3) is 0 Å². The molecular formula is C15H17N5O2S2. The van der Waals surface area contributed by atoms with Crippen LogP contribution in [0.1, 0.15) is 17.1 Å². The first-order chi connectivity index (χ1) is 11.7. The van der Waals surface area contributed by atoms with E-state index in [0.29, 0.717) is 23.8 Å². The summed E-state index contributed by atoms with van der Waals surface area (Å²) >= 11 is 3.27. The quantitative estimate of drug-likeness (QED) is 0.619. The van der Waals surface area contributed by atoms with Crippen LogP contribution in [0.2, 0.25) is 0 Å². The zero-order valence-electron chi connectivity index (χ0n) is 13.1. The number of hydrogen-bond acceptors (Lipinski definition) is 7. The molecule has 3 heterocycles. The maximum atomic E-state index is 11.9. The van der Waals surface area contributed by atoms with Crippen molar-refractivity contribution in [3.8, 4) is 0 Å². The van der Waals surface area contributed by atoms with Gasteiger partial charge < -0.3 is 14.4 Å². The first-order valence-corrected chi connectivity index (χ1v) is 9.33.